The molecule has 2 bridgehead atoms. The van der Waals surface area contributed by atoms with Gasteiger partial charge in [0.1, 0.15) is 11.6 Å². The lowest BCUT2D eigenvalue weighted by Crippen LogP contribution is -2.50. The highest BCUT2D eigenvalue weighted by Crippen LogP contribution is 2.59. The topological polar surface area (TPSA) is 59.4 Å². The number of para-hydroxylation sites is 1. The minimum absolute atomic E-state index is 0.174. The summed E-state index contributed by atoms with van der Waals surface area (Å²) in [6.07, 6.45) is 9.03. The molecule has 4 aliphatic rings. The summed E-state index contributed by atoms with van der Waals surface area (Å²) in [5.41, 5.74) is 2.69. The molecular weight excluding hydrogens is 400 g/mol. The van der Waals surface area contributed by atoms with Gasteiger partial charge in [0.2, 0.25) is 0 Å². The van der Waals surface area contributed by atoms with E-state index in [4.69, 9.17) is 4.74 Å². The van der Waals surface area contributed by atoms with Crippen LogP contribution in [0.15, 0.2) is 48.2 Å². The molecule has 1 aliphatic heterocycles. The lowest BCUT2D eigenvalue weighted by molar-refractivity contribution is -0.0115. The molecule has 1 saturated heterocycles. The third-order valence-electron chi connectivity index (χ3n) is 8.16. The fourth-order valence-electron chi connectivity index (χ4n) is 5.96. The molecule has 0 radical (unpaired) electrons. The van der Waals surface area contributed by atoms with Crippen molar-refractivity contribution in [2.75, 3.05) is 32.1 Å². The van der Waals surface area contributed by atoms with E-state index in [1.807, 2.05) is 22.9 Å². The van der Waals surface area contributed by atoms with Crippen LogP contribution in [0.4, 0.5) is 5.82 Å². The van der Waals surface area contributed by atoms with E-state index in [1.54, 1.807) is 31.0 Å². The van der Waals surface area contributed by atoms with Gasteiger partial charge >= 0.3 is 0 Å². The molecule has 2 aromatic rings. The number of amides is 1. The summed E-state index contributed by atoms with van der Waals surface area (Å²) in [5, 5.41) is 7.58. The molecule has 2 atom stereocenters. The number of nitrogens with one attached hydrogen (secondary N) is 1. The van der Waals surface area contributed by atoms with E-state index >= 15 is 0 Å². The van der Waals surface area contributed by atoms with Crippen molar-refractivity contribution < 1.29 is 9.53 Å². The van der Waals surface area contributed by atoms with Gasteiger partial charge in [-0.1, -0.05) is 37.6 Å². The van der Waals surface area contributed by atoms with Gasteiger partial charge in [-0.25, -0.2) is 4.68 Å². The molecule has 6 nitrogen and oxygen atoms in total. The van der Waals surface area contributed by atoms with Crippen LogP contribution in [0.3, 0.4) is 0 Å². The molecule has 6 rings (SSSR count). The zero-order valence-electron chi connectivity index (χ0n) is 19.4. The summed E-state index contributed by atoms with van der Waals surface area (Å²) < 4.78 is 7.33. The number of benzene rings is 1. The Bertz CT molecular complexity index is 1020. The van der Waals surface area contributed by atoms with Crippen LogP contribution < -0.4 is 10.1 Å². The lowest BCUT2D eigenvalue weighted by atomic mass is 9.49. The van der Waals surface area contributed by atoms with Crippen molar-refractivity contribution in [1.82, 2.24) is 14.7 Å². The predicted molar refractivity (Wildman–Crippen MR) is 126 cm³/mol. The molecule has 3 aliphatic carbocycles. The van der Waals surface area contributed by atoms with Crippen LogP contribution in [-0.4, -0.2) is 47.3 Å². The van der Waals surface area contributed by atoms with E-state index in [-0.39, 0.29) is 5.91 Å². The van der Waals surface area contributed by atoms with Gasteiger partial charge in [-0.05, 0) is 55.1 Å². The Balaban J connectivity index is 1.20. The fraction of sp³-hybridized carbons (Fsp3) is 0.538. The zero-order valence-corrected chi connectivity index (χ0v) is 19.4. The van der Waals surface area contributed by atoms with Gasteiger partial charge < -0.3 is 10.1 Å². The summed E-state index contributed by atoms with van der Waals surface area (Å²) in [6.45, 7) is 8.15. The molecule has 0 spiro atoms. The number of allylic oxidation sites excluding steroid dienone is 1. The van der Waals surface area contributed by atoms with Crippen molar-refractivity contribution in [1.29, 1.82) is 0 Å². The van der Waals surface area contributed by atoms with E-state index in [0.717, 1.165) is 50.1 Å². The van der Waals surface area contributed by atoms with E-state index in [2.05, 4.69) is 35.2 Å². The van der Waals surface area contributed by atoms with E-state index in [9.17, 15) is 4.79 Å². The van der Waals surface area contributed by atoms with Crippen molar-refractivity contribution in [3.63, 3.8) is 0 Å². The largest absolute Gasteiger partial charge is 0.496 e. The number of likely N-dealkylation sites (tertiary alicyclic amines) is 1. The molecule has 2 fully saturated rings. The predicted octanol–water partition coefficient (Wildman–Crippen LogP) is 4.77. The van der Waals surface area contributed by atoms with Gasteiger partial charge in [0.15, 0.2) is 0 Å². The number of fused-ring (bicyclic) bond motifs is 1. The Labute approximate surface area is 190 Å². The molecule has 1 saturated carbocycles. The molecule has 1 amide bonds. The van der Waals surface area contributed by atoms with Crippen LogP contribution in [0.1, 0.15) is 55.9 Å². The van der Waals surface area contributed by atoms with Crippen LogP contribution in [0.2, 0.25) is 0 Å². The number of nitrogens with zero attached hydrogens (tertiary/aromatic N) is 3. The van der Waals surface area contributed by atoms with Crippen LogP contribution in [0, 0.1) is 17.3 Å². The van der Waals surface area contributed by atoms with Crippen LogP contribution in [0.5, 0.6) is 5.75 Å². The van der Waals surface area contributed by atoms with Crippen LogP contribution in [0.25, 0.3) is 0 Å². The highest BCUT2D eigenvalue weighted by atomic mass is 16.5. The standard InChI is InChI=1S/C26H34N4O2/c1-26(2)19-9-8-18(22(26)16-19)17-29-14-11-20(12-15-29)30-24(10-13-27-30)28-25(31)21-6-4-5-7-23(21)32-3/h4-8,10,13,19-20,22H,9,11-12,14-17H2,1-3H3,(H,28,31)/t19-,22-/m0/s1. The average Bonchev–Trinajstić information content (AvgIpc) is 3.27. The first-order valence-corrected chi connectivity index (χ1v) is 11.9. The summed E-state index contributed by atoms with van der Waals surface area (Å²) in [5.74, 6) is 2.82. The average molecular weight is 435 g/mol. The minimum Gasteiger partial charge on any atom is -0.496 e. The monoisotopic (exact) mass is 434 g/mol. The number of hydrogen-bond donors (Lipinski definition) is 1. The first-order chi connectivity index (χ1) is 15.5. The Hall–Kier alpha value is -2.60. The zero-order chi connectivity index (χ0) is 22.3. The summed E-state index contributed by atoms with van der Waals surface area (Å²) >= 11 is 0. The molecule has 6 heteroatoms. The number of methoxy groups -OCH3 is 1. The second-order valence-corrected chi connectivity index (χ2v) is 10.1. The SMILES string of the molecule is COc1ccccc1C(=O)Nc1ccnn1C1CCN(CC2=CC[C@H]3C[C@@H]2C3(C)C)CC1. The number of rotatable bonds is 6. The Morgan fingerprint density at radius 3 is 2.72 bits per heavy atom. The fourth-order valence-corrected chi connectivity index (χ4v) is 5.96. The third-order valence-corrected chi connectivity index (χ3v) is 8.16. The van der Waals surface area contributed by atoms with Gasteiger partial charge in [0.25, 0.3) is 5.91 Å². The first-order valence-electron chi connectivity index (χ1n) is 11.9. The Morgan fingerprint density at radius 1 is 1.22 bits per heavy atom. The molecule has 170 valence electrons. The Kier molecular flexibility index (Phi) is 5.58. The quantitative estimate of drug-likeness (QED) is 0.665. The molecule has 1 N–H and O–H groups in total. The van der Waals surface area contributed by atoms with E-state index in [1.165, 1.54) is 12.8 Å². The highest BCUT2D eigenvalue weighted by molar-refractivity contribution is 6.05. The van der Waals surface area contributed by atoms with Crippen molar-refractivity contribution in [2.24, 2.45) is 17.3 Å². The molecule has 0 unspecified atom stereocenters. The van der Waals surface area contributed by atoms with Gasteiger partial charge in [0.05, 0.1) is 24.9 Å². The first kappa shape index (κ1) is 21.3. The molecule has 2 heterocycles. The second-order valence-electron chi connectivity index (χ2n) is 10.1. The number of carbonyl (C=O) groups excluding carboxylic acids is 1. The number of anilines is 1. The number of ether oxygens (including phenoxy) is 1. The summed E-state index contributed by atoms with van der Waals surface area (Å²) in [6, 6.07) is 9.46. The number of piperidine rings is 1. The van der Waals surface area contributed by atoms with Gasteiger partial charge in [-0.3, -0.25) is 9.69 Å². The summed E-state index contributed by atoms with van der Waals surface area (Å²) in [4.78, 5) is 15.4. The maximum absolute atomic E-state index is 12.8. The smallest absolute Gasteiger partial charge is 0.260 e. The second kappa shape index (κ2) is 8.39. The van der Waals surface area contributed by atoms with Crippen molar-refractivity contribution in [2.45, 2.75) is 45.6 Å². The van der Waals surface area contributed by atoms with E-state index in [0.29, 0.717) is 22.8 Å². The number of hydrogen-bond acceptors (Lipinski definition) is 4. The normalized spacial score (nSPS) is 25.0. The van der Waals surface area contributed by atoms with Gasteiger partial charge in [-0.15, -0.1) is 0 Å². The van der Waals surface area contributed by atoms with Crippen LogP contribution in [-0.2, 0) is 0 Å². The Morgan fingerprint density at radius 2 is 2.00 bits per heavy atom. The van der Waals surface area contributed by atoms with Crippen molar-refractivity contribution in [3.8, 4) is 5.75 Å². The minimum atomic E-state index is -0.174. The molecule has 1 aromatic heterocycles. The summed E-state index contributed by atoms with van der Waals surface area (Å²) in [7, 11) is 1.58. The molecule has 1 aromatic carbocycles. The molecular formula is C26H34N4O2. The van der Waals surface area contributed by atoms with E-state index < -0.39 is 0 Å². The highest BCUT2D eigenvalue weighted by Gasteiger charge is 2.51. The van der Waals surface area contributed by atoms with Gasteiger partial charge in [-0.2, -0.15) is 5.10 Å². The molecule has 32 heavy (non-hydrogen) atoms. The lowest BCUT2D eigenvalue weighted by Gasteiger charge is -2.57. The number of carbonyl (C=O) groups is 1. The van der Waals surface area contributed by atoms with Gasteiger partial charge in [0, 0.05) is 25.7 Å². The van der Waals surface area contributed by atoms with Crippen LogP contribution >= 0.6 is 0 Å². The maximum Gasteiger partial charge on any atom is 0.260 e. The van der Waals surface area contributed by atoms with Crippen molar-refractivity contribution >= 4 is 11.7 Å². The number of aromatic nitrogens is 2. The van der Waals surface area contributed by atoms with Crippen molar-refractivity contribution in [3.05, 3.63) is 53.7 Å². The third kappa shape index (κ3) is 3.75. The maximum atomic E-state index is 12.8.